The monoisotopic (exact) mass is 275 g/mol. The maximum Gasteiger partial charge on any atom is 0.0678 e. The van der Waals surface area contributed by atoms with E-state index in [-0.39, 0.29) is 12.1 Å². The fraction of sp³-hybridized carbons (Fsp3) is 0.647. The van der Waals surface area contributed by atoms with Crippen LogP contribution in [0.25, 0.3) is 0 Å². The third-order valence-corrected chi connectivity index (χ3v) is 3.44. The predicted molar refractivity (Wildman–Crippen MR) is 89.6 cm³/mol. The lowest BCUT2D eigenvalue weighted by Gasteiger charge is -2.13. The standard InChI is InChI=1S/C17H29N3/c1-5-6-7-8-9-17-15(4)19-13(2)10-11-16(18)12-14(3)20-17/h10-14H,5-9,18H2,1-4H3/b11-10-,16-12+,19-15?,20-17?. The van der Waals surface area contributed by atoms with Crippen LogP contribution in [0.3, 0.4) is 0 Å². The second-order valence-corrected chi connectivity index (χ2v) is 5.61. The van der Waals surface area contributed by atoms with E-state index in [4.69, 9.17) is 15.7 Å². The van der Waals surface area contributed by atoms with Gasteiger partial charge in [-0.25, -0.2) is 0 Å². The topological polar surface area (TPSA) is 50.7 Å². The molecule has 3 heteroatoms. The van der Waals surface area contributed by atoms with Crippen molar-refractivity contribution in [1.82, 2.24) is 0 Å². The SMILES string of the molecule is CCCCCCC1=NC(C)/C=C(N)\C=C/C(C)N=C1C. The number of nitrogens with zero attached hydrogens (tertiary/aromatic N) is 2. The first kappa shape index (κ1) is 16.7. The third-order valence-electron chi connectivity index (χ3n) is 3.44. The smallest absolute Gasteiger partial charge is 0.0678 e. The van der Waals surface area contributed by atoms with E-state index in [0.29, 0.717) is 0 Å². The van der Waals surface area contributed by atoms with Crippen molar-refractivity contribution in [1.29, 1.82) is 0 Å². The van der Waals surface area contributed by atoms with Gasteiger partial charge in [-0.1, -0.05) is 32.3 Å². The van der Waals surface area contributed by atoms with Gasteiger partial charge in [-0.15, -0.1) is 0 Å². The average molecular weight is 275 g/mol. The molecule has 112 valence electrons. The van der Waals surface area contributed by atoms with E-state index in [0.717, 1.165) is 23.5 Å². The fourth-order valence-electron chi connectivity index (χ4n) is 2.35. The Kier molecular flexibility index (Phi) is 7.27. The second kappa shape index (κ2) is 8.72. The summed E-state index contributed by atoms with van der Waals surface area (Å²) in [6.07, 6.45) is 12.0. The van der Waals surface area contributed by atoms with Gasteiger partial charge in [-0.3, -0.25) is 9.98 Å². The van der Waals surface area contributed by atoms with Gasteiger partial charge in [0, 0.05) is 5.70 Å². The first-order valence-corrected chi connectivity index (χ1v) is 7.79. The average Bonchev–Trinajstić information content (AvgIpc) is 2.39. The summed E-state index contributed by atoms with van der Waals surface area (Å²) in [6.45, 7) is 8.46. The van der Waals surface area contributed by atoms with Crippen LogP contribution in [0.5, 0.6) is 0 Å². The van der Waals surface area contributed by atoms with Gasteiger partial charge in [0.1, 0.15) is 0 Å². The van der Waals surface area contributed by atoms with E-state index in [2.05, 4.69) is 27.7 Å². The van der Waals surface area contributed by atoms with Crippen molar-refractivity contribution in [2.75, 3.05) is 0 Å². The first-order valence-electron chi connectivity index (χ1n) is 7.79. The highest BCUT2D eigenvalue weighted by atomic mass is 14.8. The van der Waals surface area contributed by atoms with E-state index < -0.39 is 0 Å². The molecule has 1 heterocycles. The molecule has 1 aliphatic rings. The van der Waals surface area contributed by atoms with Crippen molar-refractivity contribution in [3.05, 3.63) is 23.9 Å². The van der Waals surface area contributed by atoms with Crippen LogP contribution in [0.4, 0.5) is 0 Å². The molecular formula is C17H29N3. The van der Waals surface area contributed by atoms with Gasteiger partial charge in [0.25, 0.3) is 0 Å². The maximum atomic E-state index is 5.95. The molecule has 20 heavy (non-hydrogen) atoms. The number of hydrogen-bond acceptors (Lipinski definition) is 3. The Morgan fingerprint density at radius 3 is 2.55 bits per heavy atom. The zero-order chi connectivity index (χ0) is 15.0. The van der Waals surface area contributed by atoms with Gasteiger partial charge >= 0.3 is 0 Å². The maximum absolute atomic E-state index is 5.95. The first-order chi connectivity index (χ1) is 9.52. The van der Waals surface area contributed by atoms with Crippen molar-refractivity contribution in [2.24, 2.45) is 15.7 Å². The van der Waals surface area contributed by atoms with Crippen LogP contribution < -0.4 is 5.73 Å². The van der Waals surface area contributed by atoms with Gasteiger partial charge in [-0.2, -0.15) is 0 Å². The lowest BCUT2D eigenvalue weighted by molar-refractivity contribution is 0.682. The van der Waals surface area contributed by atoms with E-state index >= 15 is 0 Å². The molecule has 0 amide bonds. The van der Waals surface area contributed by atoms with Gasteiger partial charge in [0.2, 0.25) is 0 Å². The highest BCUT2D eigenvalue weighted by molar-refractivity contribution is 6.41. The Balaban J connectivity index is 2.85. The fourth-order valence-corrected chi connectivity index (χ4v) is 2.35. The summed E-state index contributed by atoms with van der Waals surface area (Å²) in [5.41, 5.74) is 8.93. The molecular weight excluding hydrogens is 246 g/mol. The van der Waals surface area contributed by atoms with Crippen LogP contribution >= 0.6 is 0 Å². The molecule has 0 fully saturated rings. The summed E-state index contributed by atoms with van der Waals surface area (Å²) in [4.78, 5) is 9.50. The third kappa shape index (κ3) is 6.18. The Morgan fingerprint density at radius 1 is 1.10 bits per heavy atom. The molecule has 1 aliphatic heterocycles. The number of hydrogen-bond donors (Lipinski definition) is 1. The van der Waals surface area contributed by atoms with Crippen molar-refractivity contribution in [3.63, 3.8) is 0 Å². The Bertz CT molecular complexity index is 416. The van der Waals surface area contributed by atoms with Crippen molar-refractivity contribution < 1.29 is 0 Å². The van der Waals surface area contributed by atoms with Gasteiger partial charge in [0.05, 0.1) is 23.5 Å². The molecule has 0 aromatic carbocycles. The quantitative estimate of drug-likeness (QED) is 0.756. The molecule has 0 aromatic heterocycles. The molecule has 0 aliphatic carbocycles. The van der Waals surface area contributed by atoms with Crippen LogP contribution in [0.2, 0.25) is 0 Å². The van der Waals surface area contributed by atoms with Gasteiger partial charge in [-0.05, 0) is 45.8 Å². The van der Waals surface area contributed by atoms with Crippen LogP contribution in [-0.4, -0.2) is 23.5 Å². The molecule has 0 radical (unpaired) electrons. The number of nitrogens with two attached hydrogens (primary N) is 1. The molecule has 0 saturated heterocycles. The lowest BCUT2D eigenvalue weighted by atomic mass is 10.1. The molecule has 2 N–H and O–H groups in total. The highest BCUT2D eigenvalue weighted by Crippen LogP contribution is 2.10. The minimum Gasteiger partial charge on any atom is -0.399 e. The normalized spacial score (nSPS) is 28.1. The Labute approximate surface area is 123 Å². The van der Waals surface area contributed by atoms with Crippen LogP contribution in [0.15, 0.2) is 33.9 Å². The van der Waals surface area contributed by atoms with Crippen LogP contribution in [0, 0.1) is 0 Å². The van der Waals surface area contributed by atoms with Crippen molar-refractivity contribution in [2.45, 2.75) is 71.9 Å². The largest absolute Gasteiger partial charge is 0.399 e. The molecule has 2 atom stereocenters. The summed E-state index contributed by atoms with van der Waals surface area (Å²) in [7, 11) is 0. The number of rotatable bonds is 5. The minimum atomic E-state index is 0.111. The molecule has 0 bridgehead atoms. The molecule has 0 saturated carbocycles. The number of allylic oxidation sites excluding steroid dienone is 1. The summed E-state index contributed by atoms with van der Waals surface area (Å²) in [5, 5.41) is 0. The lowest BCUT2D eigenvalue weighted by Crippen LogP contribution is -2.17. The van der Waals surface area contributed by atoms with E-state index in [1.807, 2.05) is 18.2 Å². The molecule has 3 nitrogen and oxygen atoms in total. The summed E-state index contributed by atoms with van der Waals surface area (Å²) >= 11 is 0. The van der Waals surface area contributed by atoms with E-state index in [9.17, 15) is 0 Å². The summed E-state index contributed by atoms with van der Waals surface area (Å²) in [5.74, 6) is 0. The minimum absolute atomic E-state index is 0.111. The number of unbranched alkanes of at least 4 members (excludes halogenated alkanes) is 3. The second-order valence-electron chi connectivity index (χ2n) is 5.61. The van der Waals surface area contributed by atoms with E-state index in [1.54, 1.807) is 0 Å². The van der Waals surface area contributed by atoms with Gasteiger partial charge < -0.3 is 5.73 Å². The zero-order valence-electron chi connectivity index (χ0n) is 13.4. The highest BCUT2D eigenvalue weighted by Gasteiger charge is 2.09. The molecule has 0 aromatic rings. The Hall–Kier alpha value is -1.38. The molecule has 0 spiro atoms. The van der Waals surface area contributed by atoms with E-state index in [1.165, 1.54) is 25.7 Å². The predicted octanol–water partition coefficient (Wildman–Crippen LogP) is 4.05. The molecule has 2 unspecified atom stereocenters. The zero-order valence-corrected chi connectivity index (χ0v) is 13.4. The van der Waals surface area contributed by atoms with Crippen LogP contribution in [-0.2, 0) is 0 Å². The summed E-state index contributed by atoms with van der Waals surface area (Å²) < 4.78 is 0. The van der Waals surface area contributed by atoms with Crippen LogP contribution in [0.1, 0.15) is 59.8 Å². The molecule has 1 rings (SSSR count). The van der Waals surface area contributed by atoms with Crippen molar-refractivity contribution >= 4 is 11.4 Å². The van der Waals surface area contributed by atoms with Gasteiger partial charge in [0.15, 0.2) is 0 Å². The number of aliphatic imine (C=N–C) groups is 2. The Morgan fingerprint density at radius 2 is 1.85 bits per heavy atom. The van der Waals surface area contributed by atoms with Crippen molar-refractivity contribution in [3.8, 4) is 0 Å². The summed E-state index contributed by atoms with van der Waals surface area (Å²) in [6, 6.07) is 0.260.